The molecule has 0 saturated heterocycles. The van der Waals surface area contributed by atoms with E-state index in [2.05, 4.69) is 30.5 Å². The number of methoxy groups -OCH3 is 2. The number of thiocarbonyl (C=S) groups is 1. The fraction of sp³-hybridized carbons (Fsp3) is 0.316. The SMILES string of the molecule is COc1ccc(OC)c([C@@H](C)NC(=S)Nc2cccc(C)c2C)c1. The van der Waals surface area contributed by atoms with Crippen molar-refractivity contribution in [2.75, 3.05) is 19.5 Å². The van der Waals surface area contributed by atoms with Gasteiger partial charge in [0, 0.05) is 11.3 Å². The van der Waals surface area contributed by atoms with Gasteiger partial charge in [-0.1, -0.05) is 12.1 Å². The molecule has 2 aromatic carbocycles. The second-order valence-corrected chi connectivity index (χ2v) is 6.08. The molecule has 128 valence electrons. The summed E-state index contributed by atoms with van der Waals surface area (Å²) in [6.45, 7) is 6.20. The summed E-state index contributed by atoms with van der Waals surface area (Å²) in [5.74, 6) is 1.58. The van der Waals surface area contributed by atoms with E-state index < -0.39 is 0 Å². The Kier molecular flexibility index (Phi) is 6.04. The van der Waals surface area contributed by atoms with Crippen molar-refractivity contribution in [1.29, 1.82) is 0 Å². The molecule has 0 unspecified atom stereocenters. The third kappa shape index (κ3) is 4.17. The monoisotopic (exact) mass is 344 g/mol. The summed E-state index contributed by atoms with van der Waals surface area (Å²) >= 11 is 5.46. The second-order valence-electron chi connectivity index (χ2n) is 5.68. The minimum Gasteiger partial charge on any atom is -0.497 e. The first-order valence-corrected chi connectivity index (χ1v) is 8.22. The molecule has 1 atom stereocenters. The van der Waals surface area contributed by atoms with E-state index in [1.807, 2.05) is 37.3 Å². The molecule has 0 aliphatic rings. The van der Waals surface area contributed by atoms with Gasteiger partial charge in [-0.25, -0.2) is 0 Å². The van der Waals surface area contributed by atoms with Crippen LogP contribution < -0.4 is 20.1 Å². The van der Waals surface area contributed by atoms with Crippen LogP contribution in [0.25, 0.3) is 0 Å². The number of hydrogen-bond donors (Lipinski definition) is 2. The highest BCUT2D eigenvalue weighted by Gasteiger charge is 2.14. The first-order chi connectivity index (χ1) is 11.5. The molecule has 5 heteroatoms. The van der Waals surface area contributed by atoms with Gasteiger partial charge in [-0.2, -0.15) is 0 Å². The van der Waals surface area contributed by atoms with Gasteiger partial charge in [-0.15, -0.1) is 0 Å². The maximum atomic E-state index is 5.46. The molecular weight excluding hydrogens is 320 g/mol. The van der Waals surface area contributed by atoms with Gasteiger partial charge in [0.1, 0.15) is 11.5 Å². The molecular formula is C19H24N2O2S. The van der Waals surface area contributed by atoms with Crippen LogP contribution in [0.4, 0.5) is 5.69 Å². The fourth-order valence-corrected chi connectivity index (χ4v) is 2.78. The zero-order valence-electron chi connectivity index (χ0n) is 14.8. The Balaban J connectivity index is 2.13. The van der Waals surface area contributed by atoms with Gasteiger partial charge in [-0.05, 0) is 68.4 Å². The molecule has 2 rings (SSSR count). The smallest absolute Gasteiger partial charge is 0.171 e. The molecule has 0 aliphatic heterocycles. The predicted molar refractivity (Wildman–Crippen MR) is 103 cm³/mol. The topological polar surface area (TPSA) is 42.5 Å². The van der Waals surface area contributed by atoms with Gasteiger partial charge < -0.3 is 20.1 Å². The number of anilines is 1. The van der Waals surface area contributed by atoms with E-state index in [-0.39, 0.29) is 6.04 Å². The van der Waals surface area contributed by atoms with E-state index in [0.29, 0.717) is 5.11 Å². The summed E-state index contributed by atoms with van der Waals surface area (Å²) in [4.78, 5) is 0. The van der Waals surface area contributed by atoms with Gasteiger partial charge >= 0.3 is 0 Å². The average molecular weight is 344 g/mol. The van der Waals surface area contributed by atoms with Gasteiger partial charge in [0.25, 0.3) is 0 Å². The summed E-state index contributed by atoms with van der Waals surface area (Å²) < 4.78 is 10.7. The molecule has 0 bridgehead atoms. The van der Waals surface area contributed by atoms with Crippen LogP contribution in [-0.2, 0) is 0 Å². The summed E-state index contributed by atoms with van der Waals surface area (Å²) in [5, 5.41) is 7.14. The van der Waals surface area contributed by atoms with Gasteiger partial charge in [-0.3, -0.25) is 0 Å². The van der Waals surface area contributed by atoms with Crippen LogP contribution in [0.5, 0.6) is 11.5 Å². The highest BCUT2D eigenvalue weighted by Crippen LogP contribution is 2.29. The van der Waals surface area contributed by atoms with Crippen molar-refractivity contribution in [3.63, 3.8) is 0 Å². The second kappa shape index (κ2) is 8.02. The molecule has 0 aliphatic carbocycles. The number of nitrogens with one attached hydrogen (secondary N) is 2. The van der Waals surface area contributed by atoms with Crippen LogP contribution in [0, 0.1) is 13.8 Å². The molecule has 0 aromatic heterocycles. The first-order valence-electron chi connectivity index (χ1n) is 7.82. The summed E-state index contributed by atoms with van der Waals surface area (Å²) in [6, 6.07) is 11.8. The van der Waals surface area contributed by atoms with Gasteiger partial charge in [0.05, 0.1) is 20.3 Å². The van der Waals surface area contributed by atoms with Crippen LogP contribution in [0.1, 0.15) is 29.7 Å². The quantitative estimate of drug-likeness (QED) is 0.789. The van der Waals surface area contributed by atoms with Crippen molar-refractivity contribution >= 4 is 23.0 Å². The molecule has 0 amide bonds. The molecule has 2 aromatic rings. The Morgan fingerprint density at radius 3 is 2.50 bits per heavy atom. The van der Waals surface area contributed by atoms with E-state index >= 15 is 0 Å². The molecule has 0 radical (unpaired) electrons. The Morgan fingerprint density at radius 1 is 1.08 bits per heavy atom. The Labute approximate surface area is 149 Å². The number of ether oxygens (including phenoxy) is 2. The summed E-state index contributed by atoms with van der Waals surface area (Å²) in [5.41, 5.74) is 4.41. The van der Waals surface area contributed by atoms with Crippen molar-refractivity contribution in [3.8, 4) is 11.5 Å². The van der Waals surface area contributed by atoms with Crippen molar-refractivity contribution < 1.29 is 9.47 Å². The van der Waals surface area contributed by atoms with E-state index in [4.69, 9.17) is 21.7 Å². The van der Waals surface area contributed by atoms with Crippen LogP contribution in [0.15, 0.2) is 36.4 Å². The lowest BCUT2D eigenvalue weighted by molar-refractivity contribution is 0.395. The van der Waals surface area contributed by atoms with Crippen LogP contribution in [0.3, 0.4) is 0 Å². The normalized spacial score (nSPS) is 11.5. The molecule has 0 heterocycles. The Hall–Kier alpha value is -2.27. The predicted octanol–water partition coefficient (Wildman–Crippen LogP) is 4.37. The van der Waals surface area contributed by atoms with Crippen molar-refractivity contribution in [2.24, 2.45) is 0 Å². The lowest BCUT2D eigenvalue weighted by Gasteiger charge is -2.21. The molecule has 24 heavy (non-hydrogen) atoms. The lowest BCUT2D eigenvalue weighted by Crippen LogP contribution is -2.31. The maximum absolute atomic E-state index is 5.46. The van der Waals surface area contributed by atoms with Crippen LogP contribution in [0.2, 0.25) is 0 Å². The largest absolute Gasteiger partial charge is 0.497 e. The minimum atomic E-state index is -0.0276. The summed E-state index contributed by atoms with van der Waals surface area (Å²) in [7, 11) is 3.31. The number of rotatable bonds is 5. The van der Waals surface area contributed by atoms with E-state index in [9.17, 15) is 0 Å². The average Bonchev–Trinajstić information content (AvgIpc) is 2.58. The maximum Gasteiger partial charge on any atom is 0.171 e. The van der Waals surface area contributed by atoms with E-state index in [0.717, 1.165) is 22.7 Å². The minimum absolute atomic E-state index is 0.0276. The van der Waals surface area contributed by atoms with E-state index in [1.54, 1.807) is 14.2 Å². The molecule has 0 spiro atoms. The third-order valence-electron chi connectivity index (χ3n) is 4.10. The van der Waals surface area contributed by atoms with Crippen LogP contribution in [-0.4, -0.2) is 19.3 Å². The first kappa shape index (κ1) is 18.1. The third-order valence-corrected chi connectivity index (χ3v) is 4.32. The Bertz CT molecular complexity index is 731. The van der Waals surface area contributed by atoms with Gasteiger partial charge in [0.2, 0.25) is 0 Å². The number of aryl methyl sites for hydroxylation is 1. The highest BCUT2D eigenvalue weighted by atomic mass is 32.1. The van der Waals surface area contributed by atoms with Crippen molar-refractivity contribution in [2.45, 2.75) is 26.8 Å². The zero-order chi connectivity index (χ0) is 17.7. The van der Waals surface area contributed by atoms with E-state index in [1.165, 1.54) is 11.1 Å². The fourth-order valence-electron chi connectivity index (χ4n) is 2.50. The van der Waals surface area contributed by atoms with Crippen LogP contribution >= 0.6 is 12.2 Å². The van der Waals surface area contributed by atoms with Crippen molar-refractivity contribution in [1.82, 2.24) is 5.32 Å². The standard InChI is InChI=1S/C19H24N2O2S/c1-12-7-6-8-17(13(12)2)21-19(24)20-14(3)16-11-15(22-4)9-10-18(16)23-5/h6-11,14H,1-5H3,(H2,20,21,24)/t14-/m1/s1. The van der Waals surface area contributed by atoms with Crippen molar-refractivity contribution in [3.05, 3.63) is 53.1 Å². The number of benzene rings is 2. The number of hydrogen-bond acceptors (Lipinski definition) is 3. The van der Waals surface area contributed by atoms with Gasteiger partial charge in [0.15, 0.2) is 5.11 Å². The lowest BCUT2D eigenvalue weighted by atomic mass is 10.1. The Morgan fingerprint density at radius 2 is 1.83 bits per heavy atom. The highest BCUT2D eigenvalue weighted by molar-refractivity contribution is 7.80. The zero-order valence-corrected chi connectivity index (χ0v) is 15.6. The molecule has 2 N–H and O–H groups in total. The summed E-state index contributed by atoms with van der Waals surface area (Å²) in [6.07, 6.45) is 0. The molecule has 4 nitrogen and oxygen atoms in total. The molecule has 0 saturated carbocycles. The molecule has 0 fully saturated rings.